The number of rotatable bonds is 3. The zero-order valence-electron chi connectivity index (χ0n) is 8.36. The highest BCUT2D eigenvalue weighted by Crippen LogP contribution is 2.17. The summed E-state index contributed by atoms with van der Waals surface area (Å²) in [5, 5.41) is 0.0947. The third-order valence-electron chi connectivity index (χ3n) is 2.32. The number of nitrogens with zero attached hydrogens (tertiary/aromatic N) is 1. The topological polar surface area (TPSA) is 22.0 Å². The molecule has 2 aromatic rings. The summed E-state index contributed by atoms with van der Waals surface area (Å²) in [5.41, 5.74) is 1.44. The van der Waals surface area contributed by atoms with E-state index >= 15 is 0 Å². The number of hydrogen-bond donors (Lipinski definition) is 0. The van der Waals surface area contributed by atoms with Crippen LogP contribution < -0.4 is 0 Å². The molecule has 0 aliphatic rings. The number of aldehydes is 1. The van der Waals surface area contributed by atoms with Crippen LogP contribution in [0.15, 0.2) is 36.5 Å². The normalized spacial score (nSPS) is 10.4. The van der Waals surface area contributed by atoms with E-state index in [4.69, 9.17) is 11.6 Å². The van der Waals surface area contributed by atoms with E-state index in [1.807, 2.05) is 0 Å². The van der Waals surface area contributed by atoms with Gasteiger partial charge in [0, 0.05) is 12.7 Å². The summed E-state index contributed by atoms with van der Waals surface area (Å²) in [6.07, 6.45) is 2.58. The van der Waals surface area contributed by atoms with Crippen molar-refractivity contribution in [3.05, 3.63) is 58.6 Å². The van der Waals surface area contributed by atoms with Gasteiger partial charge < -0.3 is 4.57 Å². The van der Waals surface area contributed by atoms with Crippen LogP contribution in [-0.2, 0) is 6.54 Å². The molecule has 16 heavy (non-hydrogen) atoms. The zero-order valence-corrected chi connectivity index (χ0v) is 9.12. The minimum absolute atomic E-state index is 0.0947. The van der Waals surface area contributed by atoms with Crippen LogP contribution in [0.25, 0.3) is 0 Å². The third-order valence-corrected chi connectivity index (χ3v) is 2.61. The maximum atomic E-state index is 12.9. The molecule has 0 fully saturated rings. The van der Waals surface area contributed by atoms with Gasteiger partial charge in [-0.05, 0) is 29.8 Å². The van der Waals surface area contributed by atoms with Gasteiger partial charge in [-0.2, -0.15) is 0 Å². The van der Waals surface area contributed by atoms with Crippen molar-refractivity contribution < 1.29 is 9.18 Å². The van der Waals surface area contributed by atoms with Gasteiger partial charge in [-0.3, -0.25) is 4.79 Å². The highest BCUT2D eigenvalue weighted by molar-refractivity contribution is 6.30. The van der Waals surface area contributed by atoms with E-state index in [2.05, 4.69) is 0 Å². The van der Waals surface area contributed by atoms with Crippen LogP contribution in [0.4, 0.5) is 4.39 Å². The molecule has 1 heterocycles. The molecule has 4 heteroatoms. The minimum Gasteiger partial charge on any atom is -0.341 e. The molecule has 0 N–H and O–H groups in total. The van der Waals surface area contributed by atoms with E-state index in [0.717, 1.165) is 11.8 Å². The Balaban J connectivity index is 2.27. The Hall–Kier alpha value is -1.61. The Morgan fingerprint density at radius 1 is 1.38 bits per heavy atom. The number of benzene rings is 1. The summed E-state index contributed by atoms with van der Waals surface area (Å²) in [4.78, 5) is 10.7. The van der Waals surface area contributed by atoms with Gasteiger partial charge in [0.05, 0.1) is 10.7 Å². The van der Waals surface area contributed by atoms with E-state index in [1.165, 1.54) is 6.07 Å². The maximum Gasteiger partial charge on any atom is 0.166 e. The minimum atomic E-state index is -0.437. The van der Waals surface area contributed by atoms with Crippen LogP contribution in [0.3, 0.4) is 0 Å². The lowest BCUT2D eigenvalue weighted by atomic mass is 10.2. The van der Waals surface area contributed by atoms with Crippen molar-refractivity contribution in [3.8, 4) is 0 Å². The summed E-state index contributed by atoms with van der Waals surface area (Å²) in [5.74, 6) is -0.437. The molecule has 1 aromatic heterocycles. The highest BCUT2D eigenvalue weighted by Gasteiger charge is 2.03. The molecule has 0 radical (unpaired) electrons. The van der Waals surface area contributed by atoms with Gasteiger partial charge in [-0.15, -0.1) is 0 Å². The first-order valence-corrected chi connectivity index (χ1v) is 5.13. The van der Waals surface area contributed by atoms with E-state index in [1.54, 1.807) is 35.0 Å². The van der Waals surface area contributed by atoms with Gasteiger partial charge in [0.2, 0.25) is 0 Å². The van der Waals surface area contributed by atoms with Crippen molar-refractivity contribution in [2.45, 2.75) is 6.54 Å². The van der Waals surface area contributed by atoms with Gasteiger partial charge >= 0.3 is 0 Å². The molecule has 0 saturated carbocycles. The molecular formula is C12H9ClFNO. The summed E-state index contributed by atoms with van der Waals surface area (Å²) in [7, 11) is 0. The molecule has 2 rings (SSSR count). The second-order valence-corrected chi connectivity index (χ2v) is 3.83. The second-order valence-electron chi connectivity index (χ2n) is 3.43. The number of hydrogen-bond acceptors (Lipinski definition) is 1. The molecule has 0 aliphatic carbocycles. The summed E-state index contributed by atoms with van der Waals surface area (Å²) in [6, 6.07) is 8.04. The lowest BCUT2D eigenvalue weighted by Gasteiger charge is -2.06. The van der Waals surface area contributed by atoms with Crippen molar-refractivity contribution in [3.63, 3.8) is 0 Å². The molecular weight excluding hydrogens is 229 g/mol. The van der Waals surface area contributed by atoms with Crippen LogP contribution in [0, 0.1) is 5.82 Å². The molecule has 0 unspecified atom stereocenters. The highest BCUT2D eigenvalue weighted by atomic mass is 35.5. The lowest BCUT2D eigenvalue weighted by molar-refractivity contribution is 0.111. The second kappa shape index (κ2) is 4.49. The SMILES string of the molecule is O=Cc1cccn1Cc1ccc(F)c(Cl)c1. The average molecular weight is 238 g/mol. The predicted molar refractivity (Wildman–Crippen MR) is 60.3 cm³/mol. The quantitative estimate of drug-likeness (QED) is 0.752. The molecule has 2 nitrogen and oxygen atoms in total. The monoisotopic (exact) mass is 237 g/mol. The molecule has 0 spiro atoms. The van der Waals surface area contributed by atoms with Crippen molar-refractivity contribution in [2.24, 2.45) is 0 Å². The average Bonchev–Trinajstić information content (AvgIpc) is 2.71. The smallest absolute Gasteiger partial charge is 0.166 e. The fourth-order valence-corrected chi connectivity index (χ4v) is 1.72. The Morgan fingerprint density at radius 2 is 2.19 bits per heavy atom. The number of aromatic nitrogens is 1. The van der Waals surface area contributed by atoms with Gasteiger partial charge in [-0.25, -0.2) is 4.39 Å². The summed E-state index contributed by atoms with van der Waals surface area (Å²) >= 11 is 5.67. The Labute approximate surface area is 97.3 Å². The lowest BCUT2D eigenvalue weighted by Crippen LogP contribution is -2.02. The molecule has 82 valence electrons. The van der Waals surface area contributed by atoms with Crippen molar-refractivity contribution >= 4 is 17.9 Å². The van der Waals surface area contributed by atoms with E-state index in [-0.39, 0.29) is 5.02 Å². The fourth-order valence-electron chi connectivity index (χ4n) is 1.51. The Bertz CT molecular complexity index is 521. The number of carbonyl (C=O) groups excluding carboxylic acids is 1. The maximum absolute atomic E-state index is 12.9. The van der Waals surface area contributed by atoms with Crippen molar-refractivity contribution in [1.29, 1.82) is 0 Å². The van der Waals surface area contributed by atoms with Crippen LogP contribution in [0.5, 0.6) is 0 Å². The number of halogens is 2. The van der Waals surface area contributed by atoms with Crippen LogP contribution in [0.2, 0.25) is 5.02 Å². The molecule has 0 aliphatic heterocycles. The Morgan fingerprint density at radius 3 is 2.88 bits per heavy atom. The van der Waals surface area contributed by atoms with Gasteiger partial charge in [0.1, 0.15) is 5.82 Å². The standard InChI is InChI=1S/C12H9ClFNO/c13-11-6-9(3-4-12(11)14)7-15-5-1-2-10(15)8-16/h1-6,8H,7H2. The van der Waals surface area contributed by atoms with Crippen LogP contribution in [0.1, 0.15) is 16.1 Å². The summed E-state index contributed by atoms with van der Waals surface area (Å²) in [6.45, 7) is 0.501. The van der Waals surface area contributed by atoms with Crippen LogP contribution >= 0.6 is 11.6 Å². The van der Waals surface area contributed by atoms with Crippen LogP contribution in [-0.4, -0.2) is 10.9 Å². The first-order valence-electron chi connectivity index (χ1n) is 4.75. The largest absolute Gasteiger partial charge is 0.341 e. The van der Waals surface area contributed by atoms with E-state index in [9.17, 15) is 9.18 Å². The first-order chi connectivity index (χ1) is 7.70. The van der Waals surface area contributed by atoms with E-state index in [0.29, 0.717) is 12.2 Å². The number of carbonyl (C=O) groups is 1. The molecule has 0 amide bonds. The first kappa shape index (κ1) is 10.9. The Kier molecular flexibility index (Phi) is 3.06. The molecule has 0 saturated heterocycles. The van der Waals surface area contributed by atoms with E-state index < -0.39 is 5.82 Å². The zero-order chi connectivity index (χ0) is 11.5. The van der Waals surface area contributed by atoms with Gasteiger partial charge in [-0.1, -0.05) is 17.7 Å². The van der Waals surface area contributed by atoms with Gasteiger partial charge in [0.25, 0.3) is 0 Å². The third kappa shape index (κ3) is 2.14. The molecule has 1 aromatic carbocycles. The van der Waals surface area contributed by atoms with Gasteiger partial charge in [0.15, 0.2) is 6.29 Å². The van der Waals surface area contributed by atoms with Crippen molar-refractivity contribution in [2.75, 3.05) is 0 Å². The molecule has 0 bridgehead atoms. The predicted octanol–water partition coefficient (Wildman–Crippen LogP) is 3.14. The molecule has 0 atom stereocenters. The van der Waals surface area contributed by atoms with Crippen molar-refractivity contribution in [1.82, 2.24) is 4.57 Å². The fraction of sp³-hybridized carbons (Fsp3) is 0.0833. The summed E-state index contributed by atoms with van der Waals surface area (Å²) < 4.78 is 14.7.